The summed E-state index contributed by atoms with van der Waals surface area (Å²) in [5.41, 5.74) is 10.1. The minimum Gasteiger partial charge on any atom is -0.486 e. The molecule has 2 nitrogen and oxygen atoms in total. The lowest BCUT2D eigenvalue weighted by atomic mass is 10.1. The molecule has 0 saturated carbocycles. The first-order valence-corrected chi connectivity index (χ1v) is 6.60. The van der Waals surface area contributed by atoms with E-state index in [1.165, 1.54) is 11.1 Å². The van der Waals surface area contributed by atoms with Crippen LogP contribution in [0.5, 0.6) is 5.75 Å². The largest absolute Gasteiger partial charge is 0.486 e. The number of benzene rings is 2. The van der Waals surface area contributed by atoms with Crippen LogP contribution in [0.15, 0.2) is 40.9 Å². The smallest absolute Gasteiger partial charge is 0.145 e. The molecule has 0 spiro atoms. The van der Waals surface area contributed by atoms with Crippen molar-refractivity contribution in [1.29, 1.82) is 0 Å². The van der Waals surface area contributed by atoms with E-state index >= 15 is 0 Å². The number of anilines is 1. The molecule has 18 heavy (non-hydrogen) atoms. The van der Waals surface area contributed by atoms with Crippen molar-refractivity contribution in [2.45, 2.75) is 20.5 Å². The molecule has 0 radical (unpaired) electrons. The van der Waals surface area contributed by atoms with Crippen LogP contribution in [0.4, 0.5) is 5.69 Å². The fourth-order valence-electron chi connectivity index (χ4n) is 1.87. The lowest BCUT2D eigenvalue weighted by Gasteiger charge is -2.13. The van der Waals surface area contributed by atoms with Gasteiger partial charge in [0, 0.05) is 4.47 Å². The molecule has 2 aromatic carbocycles. The Morgan fingerprint density at radius 2 is 1.83 bits per heavy atom. The fourth-order valence-corrected chi connectivity index (χ4v) is 2.46. The van der Waals surface area contributed by atoms with E-state index in [4.69, 9.17) is 10.5 Å². The van der Waals surface area contributed by atoms with Crippen LogP contribution in [0.25, 0.3) is 0 Å². The molecule has 0 aliphatic carbocycles. The summed E-state index contributed by atoms with van der Waals surface area (Å²) in [5, 5.41) is 0. The van der Waals surface area contributed by atoms with E-state index in [0.29, 0.717) is 12.3 Å². The van der Waals surface area contributed by atoms with Crippen molar-refractivity contribution in [3.05, 3.63) is 57.6 Å². The normalized spacial score (nSPS) is 10.4. The average Bonchev–Trinajstić information content (AvgIpc) is 2.30. The summed E-state index contributed by atoms with van der Waals surface area (Å²) in [6, 6.07) is 12.1. The zero-order chi connectivity index (χ0) is 13.1. The van der Waals surface area contributed by atoms with E-state index in [9.17, 15) is 0 Å². The quantitative estimate of drug-likeness (QED) is 0.861. The zero-order valence-electron chi connectivity index (χ0n) is 10.5. The van der Waals surface area contributed by atoms with Crippen LogP contribution in [0.3, 0.4) is 0 Å². The van der Waals surface area contributed by atoms with E-state index in [1.807, 2.05) is 31.2 Å². The summed E-state index contributed by atoms with van der Waals surface area (Å²) in [6.07, 6.45) is 0. The van der Waals surface area contributed by atoms with E-state index < -0.39 is 0 Å². The molecule has 0 saturated heterocycles. The van der Waals surface area contributed by atoms with Crippen LogP contribution in [-0.2, 0) is 6.61 Å². The summed E-state index contributed by atoms with van der Waals surface area (Å²) in [6.45, 7) is 4.62. The first-order valence-electron chi connectivity index (χ1n) is 5.81. The topological polar surface area (TPSA) is 35.2 Å². The number of rotatable bonds is 3. The predicted molar refractivity (Wildman–Crippen MR) is 78.8 cm³/mol. The molecule has 3 heteroatoms. The molecule has 0 amide bonds. The highest BCUT2D eigenvalue weighted by Gasteiger charge is 2.07. The van der Waals surface area contributed by atoms with E-state index in [0.717, 1.165) is 15.8 Å². The number of aryl methyl sites for hydroxylation is 2. The molecule has 0 aliphatic rings. The number of halogens is 1. The number of hydrogen-bond acceptors (Lipinski definition) is 2. The van der Waals surface area contributed by atoms with Crippen molar-refractivity contribution in [3.63, 3.8) is 0 Å². The summed E-state index contributed by atoms with van der Waals surface area (Å²) < 4.78 is 6.82. The van der Waals surface area contributed by atoms with Crippen LogP contribution < -0.4 is 10.5 Å². The highest BCUT2D eigenvalue weighted by molar-refractivity contribution is 9.10. The first-order chi connectivity index (χ1) is 8.58. The Morgan fingerprint density at radius 1 is 1.11 bits per heavy atom. The van der Waals surface area contributed by atoms with Crippen molar-refractivity contribution in [3.8, 4) is 5.75 Å². The summed E-state index contributed by atoms with van der Waals surface area (Å²) in [5.74, 6) is 0.765. The van der Waals surface area contributed by atoms with Crippen molar-refractivity contribution >= 4 is 21.6 Å². The van der Waals surface area contributed by atoms with Crippen LogP contribution in [0.1, 0.15) is 16.7 Å². The maximum absolute atomic E-state index is 5.97. The summed E-state index contributed by atoms with van der Waals surface area (Å²) >= 11 is 3.42. The van der Waals surface area contributed by atoms with Gasteiger partial charge in [0.2, 0.25) is 0 Å². The molecular weight excluding hydrogens is 290 g/mol. The lowest BCUT2D eigenvalue weighted by molar-refractivity contribution is 0.305. The van der Waals surface area contributed by atoms with E-state index in [1.54, 1.807) is 0 Å². The molecule has 0 atom stereocenters. The molecule has 0 unspecified atom stereocenters. The third-order valence-corrected chi connectivity index (χ3v) is 3.36. The van der Waals surface area contributed by atoms with Gasteiger partial charge in [-0.15, -0.1) is 0 Å². The summed E-state index contributed by atoms with van der Waals surface area (Å²) in [7, 11) is 0. The van der Waals surface area contributed by atoms with Crippen molar-refractivity contribution < 1.29 is 4.74 Å². The van der Waals surface area contributed by atoms with Gasteiger partial charge in [0.1, 0.15) is 12.4 Å². The molecule has 0 heterocycles. The van der Waals surface area contributed by atoms with Gasteiger partial charge in [-0.1, -0.05) is 40.2 Å². The van der Waals surface area contributed by atoms with Crippen molar-refractivity contribution in [1.82, 2.24) is 0 Å². The Hall–Kier alpha value is -1.48. The lowest BCUT2D eigenvalue weighted by Crippen LogP contribution is -2.02. The Balaban J connectivity index is 2.19. The maximum Gasteiger partial charge on any atom is 0.145 e. The van der Waals surface area contributed by atoms with Crippen LogP contribution >= 0.6 is 15.9 Å². The van der Waals surface area contributed by atoms with E-state index in [2.05, 4.69) is 35.0 Å². The zero-order valence-corrected chi connectivity index (χ0v) is 12.1. The highest BCUT2D eigenvalue weighted by atomic mass is 79.9. The third kappa shape index (κ3) is 2.85. The monoisotopic (exact) mass is 305 g/mol. The average molecular weight is 306 g/mol. The Kier molecular flexibility index (Phi) is 3.92. The molecule has 2 aromatic rings. The van der Waals surface area contributed by atoms with Gasteiger partial charge >= 0.3 is 0 Å². The third-order valence-electron chi connectivity index (χ3n) is 2.90. The van der Waals surface area contributed by atoms with Gasteiger partial charge < -0.3 is 10.5 Å². The van der Waals surface area contributed by atoms with Gasteiger partial charge in [0.05, 0.1) is 5.69 Å². The highest BCUT2D eigenvalue weighted by Crippen LogP contribution is 2.30. The molecule has 0 bridgehead atoms. The standard InChI is InChI=1S/C15H16BrNO/c1-10-5-3-4-6-12(10)9-18-15-11(2)7-13(16)8-14(15)17/h3-8H,9,17H2,1-2H3. The van der Waals surface area contributed by atoms with E-state index in [-0.39, 0.29) is 0 Å². The fraction of sp³-hybridized carbons (Fsp3) is 0.200. The Bertz CT molecular complexity index is 543. The first kappa shape index (κ1) is 13.0. The second-order valence-electron chi connectivity index (χ2n) is 4.36. The van der Waals surface area contributed by atoms with Crippen LogP contribution in [0, 0.1) is 13.8 Å². The van der Waals surface area contributed by atoms with Crippen molar-refractivity contribution in [2.24, 2.45) is 0 Å². The van der Waals surface area contributed by atoms with Crippen LogP contribution in [0.2, 0.25) is 0 Å². The number of ether oxygens (including phenoxy) is 1. The molecule has 2 rings (SSSR count). The minimum atomic E-state index is 0.541. The van der Waals surface area contributed by atoms with Gasteiger partial charge in [0.25, 0.3) is 0 Å². The SMILES string of the molecule is Cc1ccccc1COc1c(C)cc(Br)cc1N. The number of nitrogen functional groups attached to an aromatic ring is 1. The molecule has 2 N–H and O–H groups in total. The van der Waals surface area contributed by atoms with Crippen LogP contribution in [-0.4, -0.2) is 0 Å². The van der Waals surface area contributed by atoms with Gasteiger partial charge in [0.15, 0.2) is 0 Å². The molecule has 0 aliphatic heterocycles. The molecule has 94 valence electrons. The Morgan fingerprint density at radius 3 is 2.50 bits per heavy atom. The molecule has 0 fully saturated rings. The number of hydrogen-bond donors (Lipinski definition) is 1. The van der Waals surface area contributed by atoms with Gasteiger partial charge in [-0.25, -0.2) is 0 Å². The van der Waals surface area contributed by atoms with Crippen molar-refractivity contribution in [2.75, 3.05) is 5.73 Å². The minimum absolute atomic E-state index is 0.541. The summed E-state index contributed by atoms with van der Waals surface area (Å²) in [4.78, 5) is 0. The van der Waals surface area contributed by atoms with Gasteiger partial charge in [-0.05, 0) is 42.7 Å². The van der Waals surface area contributed by atoms with Gasteiger partial charge in [-0.2, -0.15) is 0 Å². The Labute approximate surface area is 116 Å². The molecule has 0 aromatic heterocycles. The predicted octanol–water partition coefficient (Wildman–Crippen LogP) is 4.23. The second kappa shape index (κ2) is 5.44. The van der Waals surface area contributed by atoms with Gasteiger partial charge in [-0.3, -0.25) is 0 Å². The number of nitrogens with two attached hydrogens (primary N) is 1. The molecular formula is C15H16BrNO. The second-order valence-corrected chi connectivity index (χ2v) is 5.27. The maximum atomic E-state index is 5.97.